The summed E-state index contributed by atoms with van der Waals surface area (Å²) in [6, 6.07) is 17.2. The molecule has 0 bridgehead atoms. The summed E-state index contributed by atoms with van der Waals surface area (Å²) in [6.45, 7) is 2.58. The zero-order valence-corrected chi connectivity index (χ0v) is 12.0. The lowest BCUT2D eigenvalue weighted by Gasteiger charge is -2.17. The highest BCUT2D eigenvalue weighted by Gasteiger charge is 2.34. The molecule has 0 saturated carbocycles. The van der Waals surface area contributed by atoms with Crippen molar-refractivity contribution in [3.8, 4) is 0 Å². The Morgan fingerprint density at radius 3 is 1.95 bits per heavy atom. The second-order valence-corrected chi connectivity index (χ2v) is 5.41. The fourth-order valence-corrected chi connectivity index (χ4v) is 2.71. The number of carbonyl (C=O) groups is 2. The Labute approximate surface area is 124 Å². The van der Waals surface area contributed by atoms with Crippen LogP contribution in [-0.4, -0.2) is 23.3 Å². The molecule has 0 radical (unpaired) electrons. The van der Waals surface area contributed by atoms with Crippen LogP contribution in [0.15, 0.2) is 54.6 Å². The largest absolute Gasteiger partial charge is 0.274 e. The molecule has 3 heteroatoms. The van der Waals surface area contributed by atoms with Gasteiger partial charge in [0.25, 0.3) is 11.8 Å². The summed E-state index contributed by atoms with van der Waals surface area (Å²) in [7, 11) is 0. The number of nitrogens with zero attached hydrogens (tertiary/aromatic N) is 1. The van der Waals surface area contributed by atoms with E-state index in [1.54, 1.807) is 24.3 Å². The quantitative estimate of drug-likeness (QED) is 0.804. The van der Waals surface area contributed by atoms with Gasteiger partial charge in [-0.15, -0.1) is 0 Å². The molecule has 2 amide bonds. The fourth-order valence-electron chi connectivity index (χ4n) is 2.71. The summed E-state index contributed by atoms with van der Waals surface area (Å²) < 4.78 is 0. The molecular formula is C18H17NO2. The van der Waals surface area contributed by atoms with Gasteiger partial charge in [0.15, 0.2) is 0 Å². The van der Waals surface area contributed by atoms with Gasteiger partial charge in [0.1, 0.15) is 0 Å². The molecule has 0 aliphatic carbocycles. The molecule has 0 unspecified atom stereocenters. The molecule has 0 aromatic heterocycles. The zero-order chi connectivity index (χ0) is 14.8. The van der Waals surface area contributed by atoms with Crippen LogP contribution in [0.25, 0.3) is 0 Å². The van der Waals surface area contributed by atoms with Crippen molar-refractivity contribution in [1.82, 2.24) is 4.90 Å². The number of imide groups is 1. The molecule has 0 saturated heterocycles. The number of amides is 2. The second kappa shape index (κ2) is 5.52. The maximum atomic E-state index is 12.3. The predicted octanol–water partition coefficient (Wildman–Crippen LogP) is 3.48. The highest BCUT2D eigenvalue weighted by atomic mass is 16.2. The first-order valence-corrected chi connectivity index (χ1v) is 7.18. The molecule has 3 rings (SSSR count). The molecule has 3 nitrogen and oxygen atoms in total. The average Bonchev–Trinajstić information content (AvgIpc) is 2.78. The normalized spacial score (nSPS) is 15.2. The van der Waals surface area contributed by atoms with Gasteiger partial charge in [-0.3, -0.25) is 14.5 Å². The third-order valence-corrected chi connectivity index (χ3v) is 4.03. The number of benzene rings is 2. The van der Waals surface area contributed by atoms with E-state index in [9.17, 15) is 9.59 Å². The molecule has 1 aliphatic heterocycles. The van der Waals surface area contributed by atoms with Gasteiger partial charge in [-0.1, -0.05) is 49.4 Å². The predicted molar refractivity (Wildman–Crippen MR) is 81.3 cm³/mol. The Bertz CT molecular complexity index is 644. The van der Waals surface area contributed by atoms with Gasteiger partial charge in [-0.2, -0.15) is 0 Å². The van der Waals surface area contributed by atoms with Gasteiger partial charge in [-0.05, 0) is 30.0 Å². The van der Waals surface area contributed by atoms with Crippen LogP contribution in [0.4, 0.5) is 0 Å². The monoisotopic (exact) mass is 279 g/mol. The first-order chi connectivity index (χ1) is 10.2. The first-order valence-electron chi connectivity index (χ1n) is 7.18. The van der Waals surface area contributed by atoms with Crippen LogP contribution in [0.3, 0.4) is 0 Å². The number of rotatable bonds is 4. The van der Waals surface area contributed by atoms with E-state index < -0.39 is 0 Å². The molecular weight excluding hydrogens is 262 g/mol. The minimum atomic E-state index is -0.170. The van der Waals surface area contributed by atoms with Gasteiger partial charge in [0.05, 0.1) is 11.1 Å². The van der Waals surface area contributed by atoms with Crippen LogP contribution in [0.2, 0.25) is 0 Å². The average molecular weight is 279 g/mol. The molecule has 1 heterocycles. The van der Waals surface area contributed by atoms with E-state index >= 15 is 0 Å². The van der Waals surface area contributed by atoms with Crippen molar-refractivity contribution in [2.45, 2.75) is 19.3 Å². The van der Waals surface area contributed by atoms with Crippen LogP contribution >= 0.6 is 0 Å². The zero-order valence-electron chi connectivity index (χ0n) is 12.0. The van der Waals surface area contributed by atoms with Crippen molar-refractivity contribution >= 4 is 11.8 Å². The topological polar surface area (TPSA) is 37.4 Å². The van der Waals surface area contributed by atoms with Crippen molar-refractivity contribution in [2.75, 3.05) is 6.54 Å². The molecule has 1 atom stereocenters. The number of carbonyl (C=O) groups excluding carboxylic acids is 2. The molecule has 106 valence electrons. The first kappa shape index (κ1) is 13.6. The van der Waals surface area contributed by atoms with E-state index in [1.165, 1.54) is 10.5 Å². The van der Waals surface area contributed by atoms with Crippen LogP contribution in [0.5, 0.6) is 0 Å². The molecule has 0 spiro atoms. The van der Waals surface area contributed by atoms with Crippen LogP contribution < -0.4 is 0 Å². The van der Waals surface area contributed by atoms with E-state index in [0.29, 0.717) is 23.6 Å². The van der Waals surface area contributed by atoms with Crippen molar-refractivity contribution in [3.63, 3.8) is 0 Å². The molecule has 2 aromatic carbocycles. The second-order valence-electron chi connectivity index (χ2n) is 5.41. The van der Waals surface area contributed by atoms with E-state index in [2.05, 4.69) is 19.1 Å². The molecule has 1 aliphatic rings. The van der Waals surface area contributed by atoms with Gasteiger partial charge in [0.2, 0.25) is 0 Å². The molecule has 21 heavy (non-hydrogen) atoms. The fraction of sp³-hybridized carbons (Fsp3) is 0.222. The van der Waals surface area contributed by atoms with E-state index in [0.717, 1.165) is 6.42 Å². The minimum Gasteiger partial charge on any atom is -0.274 e. The summed E-state index contributed by atoms with van der Waals surface area (Å²) in [4.78, 5) is 25.9. The standard InChI is InChI=1S/C18H17NO2/c1-13(14-7-3-2-4-8-14)11-12-19-17(20)15-9-5-6-10-16(15)18(19)21/h2-10,13H,11-12H2,1H3/t13-/m0/s1. The van der Waals surface area contributed by atoms with Gasteiger partial charge in [-0.25, -0.2) is 0 Å². The Kier molecular flexibility index (Phi) is 3.57. The lowest BCUT2D eigenvalue weighted by molar-refractivity contribution is 0.0650. The Morgan fingerprint density at radius 2 is 1.38 bits per heavy atom. The Morgan fingerprint density at radius 1 is 0.857 bits per heavy atom. The third kappa shape index (κ3) is 2.47. The number of hydrogen-bond acceptors (Lipinski definition) is 2. The van der Waals surface area contributed by atoms with Crippen molar-refractivity contribution in [2.24, 2.45) is 0 Å². The maximum Gasteiger partial charge on any atom is 0.261 e. The lowest BCUT2D eigenvalue weighted by atomic mass is 9.98. The van der Waals surface area contributed by atoms with Crippen molar-refractivity contribution < 1.29 is 9.59 Å². The van der Waals surface area contributed by atoms with Gasteiger partial charge in [0, 0.05) is 6.54 Å². The van der Waals surface area contributed by atoms with Crippen molar-refractivity contribution in [3.05, 3.63) is 71.3 Å². The Hall–Kier alpha value is -2.42. The summed E-state index contributed by atoms with van der Waals surface area (Å²) >= 11 is 0. The van der Waals surface area contributed by atoms with E-state index in [-0.39, 0.29) is 11.8 Å². The maximum absolute atomic E-state index is 12.3. The third-order valence-electron chi connectivity index (χ3n) is 4.03. The van der Waals surface area contributed by atoms with E-state index in [4.69, 9.17) is 0 Å². The van der Waals surface area contributed by atoms with Crippen molar-refractivity contribution in [1.29, 1.82) is 0 Å². The molecule has 2 aromatic rings. The SMILES string of the molecule is C[C@@H](CCN1C(=O)c2ccccc2C1=O)c1ccccc1. The van der Waals surface area contributed by atoms with Gasteiger partial charge >= 0.3 is 0 Å². The highest BCUT2D eigenvalue weighted by molar-refractivity contribution is 6.21. The van der Waals surface area contributed by atoms with Crippen LogP contribution in [0, 0.1) is 0 Å². The minimum absolute atomic E-state index is 0.170. The number of fused-ring (bicyclic) bond motifs is 1. The summed E-state index contributed by atoms with van der Waals surface area (Å²) in [5.41, 5.74) is 2.28. The van der Waals surface area contributed by atoms with Crippen LogP contribution in [0.1, 0.15) is 45.5 Å². The molecule has 0 N–H and O–H groups in total. The van der Waals surface area contributed by atoms with Gasteiger partial charge < -0.3 is 0 Å². The molecule has 0 fully saturated rings. The van der Waals surface area contributed by atoms with E-state index in [1.807, 2.05) is 18.2 Å². The summed E-state index contributed by atoms with van der Waals surface area (Å²) in [5.74, 6) is -0.0257. The Balaban J connectivity index is 1.70. The van der Waals surface area contributed by atoms with Crippen LogP contribution in [-0.2, 0) is 0 Å². The number of hydrogen-bond donors (Lipinski definition) is 0. The lowest BCUT2D eigenvalue weighted by Crippen LogP contribution is -2.31. The summed E-state index contributed by atoms with van der Waals surface area (Å²) in [5, 5.41) is 0. The smallest absolute Gasteiger partial charge is 0.261 e. The highest BCUT2D eigenvalue weighted by Crippen LogP contribution is 2.25. The summed E-state index contributed by atoms with van der Waals surface area (Å²) in [6.07, 6.45) is 0.773.